The Hall–Kier alpha value is -2.60. The topological polar surface area (TPSA) is 89.7 Å². The number of nitro groups is 1. The maximum atomic E-state index is 11.0. The van der Waals surface area contributed by atoms with E-state index in [4.69, 9.17) is 21.4 Å². The zero-order valence-corrected chi connectivity index (χ0v) is 10.7. The van der Waals surface area contributed by atoms with E-state index in [1.54, 1.807) is 24.3 Å². The molecule has 0 saturated carbocycles. The summed E-state index contributed by atoms with van der Waals surface area (Å²) in [7, 11) is 0. The molecule has 0 bridgehead atoms. The molecule has 0 atom stereocenters. The summed E-state index contributed by atoms with van der Waals surface area (Å²) in [5, 5.41) is 20.3. The van der Waals surface area contributed by atoms with Crippen LogP contribution in [-0.4, -0.2) is 16.0 Å². The second kappa shape index (κ2) is 5.58. The zero-order chi connectivity index (χ0) is 14.7. The highest BCUT2D eigenvalue weighted by atomic mass is 35.5. The number of nitro benzene ring substituents is 1. The van der Waals surface area contributed by atoms with Gasteiger partial charge in [-0.05, 0) is 36.4 Å². The van der Waals surface area contributed by atoms with Crippen LogP contribution in [0, 0.1) is 10.1 Å². The van der Waals surface area contributed by atoms with Gasteiger partial charge in [0.1, 0.15) is 5.75 Å². The molecule has 0 unspecified atom stereocenters. The molecular formula is C13H8ClNO5. The second-order valence-corrected chi connectivity index (χ2v) is 4.24. The first kappa shape index (κ1) is 13.8. The highest BCUT2D eigenvalue weighted by Gasteiger charge is 2.19. The lowest BCUT2D eigenvalue weighted by molar-refractivity contribution is -0.385. The number of halogens is 1. The summed E-state index contributed by atoms with van der Waals surface area (Å²) in [6, 6.07) is 9.70. The Morgan fingerprint density at radius 1 is 1.20 bits per heavy atom. The van der Waals surface area contributed by atoms with Crippen molar-refractivity contribution in [1.29, 1.82) is 0 Å². The van der Waals surface area contributed by atoms with Crippen molar-refractivity contribution in [2.24, 2.45) is 0 Å². The fraction of sp³-hybridized carbons (Fsp3) is 0. The van der Waals surface area contributed by atoms with Crippen LogP contribution in [0.15, 0.2) is 42.5 Å². The lowest BCUT2D eigenvalue weighted by atomic mass is 10.2. The van der Waals surface area contributed by atoms with Crippen LogP contribution < -0.4 is 4.74 Å². The van der Waals surface area contributed by atoms with E-state index in [2.05, 4.69) is 0 Å². The summed E-state index contributed by atoms with van der Waals surface area (Å²) in [5.74, 6) is -0.922. The van der Waals surface area contributed by atoms with Crippen molar-refractivity contribution in [3.05, 3.63) is 63.2 Å². The number of hydrogen-bond donors (Lipinski definition) is 1. The van der Waals surface area contributed by atoms with Crippen molar-refractivity contribution < 1.29 is 19.6 Å². The van der Waals surface area contributed by atoms with E-state index in [0.717, 1.165) is 6.07 Å². The monoisotopic (exact) mass is 293 g/mol. The van der Waals surface area contributed by atoms with Crippen molar-refractivity contribution in [2.45, 2.75) is 0 Å². The van der Waals surface area contributed by atoms with Crippen LogP contribution >= 0.6 is 11.6 Å². The van der Waals surface area contributed by atoms with E-state index in [1.165, 1.54) is 12.1 Å². The van der Waals surface area contributed by atoms with E-state index in [0.29, 0.717) is 10.8 Å². The van der Waals surface area contributed by atoms with Gasteiger partial charge in [0.05, 0.1) is 10.5 Å². The van der Waals surface area contributed by atoms with Gasteiger partial charge >= 0.3 is 11.7 Å². The molecule has 7 heteroatoms. The average Bonchev–Trinajstić information content (AvgIpc) is 2.41. The predicted octanol–water partition coefficient (Wildman–Crippen LogP) is 3.74. The fourth-order valence-corrected chi connectivity index (χ4v) is 1.63. The van der Waals surface area contributed by atoms with E-state index in [9.17, 15) is 14.9 Å². The number of rotatable bonds is 4. The smallest absolute Gasteiger partial charge is 0.335 e. The summed E-state index contributed by atoms with van der Waals surface area (Å²) in [6.45, 7) is 0. The van der Waals surface area contributed by atoms with Gasteiger partial charge in [0, 0.05) is 11.1 Å². The van der Waals surface area contributed by atoms with E-state index >= 15 is 0 Å². The molecule has 1 N–H and O–H groups in total. The molecule has 0 fully saturated rings. The van der Waals surface area contributed by atoms with Crippen LogP contribution in [-0.2, 0) is 0 Å². The third kappa shape index (κ3) is 3.04. The van der Waals surface area contributed by atoms with Gasteiger partial charge in [0.25, 0.3) is 0 Å². The lowest BCUT2D eigenvalue weighted by Crippen LogP contribution is -2.00. The minimum absolute atomic E-state index is 0.0395. The number of carbonyl (C=O) groups is 1. The minimum atomic E-state index is -1.24. The Morgan fingerprint density at radius 2 is 1.85 bits per heavy atom. The molecule has 0 aliphatic heterocycles. The molecule has 2 aromatic carbocycles. The number of ether oxygens (including phenoxy) is 1. The predicted molar refractivity (Wildman–Crippen MR) is 71.6 cm³/mol. The summed E-state index contributed by atoms with van der Waals surface area (Å²) >= 11 is 5.72. The first-order valence-electron chi connectivity index (χ1n) is 5.42. The molecule has 0 amide bonds. The van der Waals surface area contributed by atoms with E-state index < -0.39 is 16.6 Å². The van der Waals surface area contributed by atoms with Crippen molar-refractivity contribution >= 4 is 23.3 Å². The number of carboxylic acid groups (broad SMARTS) is 1. The molecular weight excluding hydrogens is 286 g/mol. The Morgan fingerprint density at radius 3 is 2.40 bits per heavy atom. The molecule has 0 radical (unpaired) electrons. The number of benzene rings is 2. The fourth-order valence-electron chi connectivity index (χ4n) is 1.51. The summed E-state index contributed by atoms with van der Waals surface area (Å²) in [6.07, 6.45) is 0. The second-order valence-electron chi connectivity index (χ2n) is 3.80. The van der Waals surface area contributed by atoms with E-state index in [-0.39, 0.29) is 11.3 Å². The molecule has 0 aliphatic rings. The molecule has 0 aliphatic carbocycles. The van der Waals surface area contributed by atoms with Crippen LogP contribution in [0.25, 0.3) is 0 Å². The lowest BCUT2D eigenvalue weighted by Gasteiger charge is -2.06. The van der Waals surface area contributed by atoms with Gasteiger partial charge in [0.15, 0.2) is 0 Å². The third-order valence-electron chi connectivity index (χ3n) is 2.44. The summed E-state index contributed by atoms with van der Waals surface area (Å²) < 4.78 is 5.37. The standard InChI is InChI=1S/C13H8ClNO5/c14-9-2-4-10(5-3-9)20-12-6-1-8(13(16)17)7-11(12)15(18)19/h1-7H,(H,16,17). The molecule has 2 rings (SSSR count). The SMILES string of the molecule is O=C(O)c1ccc(Oc2ccc(Cl)cc2)c([N+](=O)[O-])c1. The molecule has 0 saturated heterocycles. The molecule has 20 heavy (non-hydrogen) atoms. The van der Waals surface area contributed by atoms with Crippen LogP contribution in [0.2, 0.25) is 5.02 Å². The van der Waals surface area contributed by atoms with Gasteiger partial charge < -0.3 is 9.84 Å². The van der Waals surface area contributed by atoms with Gasteiger partial charge in [-0.25, -0.2) is 4.79 Å². The maximum Gasteiger partial charge on any atom is 0.335 e. The largest absolute Gasteiger partial charge is 0.478 e. The van der Waals surface area contributed by atoms with Gasteiger partial charge in [-0.3, -0.25) is 10.1 Å². The van der Waals surface area contributed by atoms with Crippen LogP contribution in [0.3, 0.4) is 0 Å². The van der Waals surface area contributed by atoms with Crippen molar-refractivity contribution in [1.82, 2.24) is 0 Å². The zero-order valence-electron chi connectivity index (χ0n) is 9.95. The van der Waals surface area contributed by atoms with Gasteiger partial charge in [-0.15, -0.1) is 0 Å². The van der Waals surface area contributed by atoms with Crippen LogP contribution in [0.4, 0.5) is 5.69 Å². The normalized spacial score (nSPS) is 10.1. The molecule has 2 aromatic rings. The van der Waals surface area contributed by atoms with Crippen molar-refractivity contribution in [3.63, 3.8) is 0 Å². The molecule has 6 nitrogen and oxygen atoms in total. The molecule has 0 heterocycles. The number of aromatic carboxylic acids is 1. The number of nitrogens with zero attached hydrogens (tertiary/aromatic N) is 1. The number of carboxylic acids is 1. The highest BCUT2D eigenvalue weighted by molar-refractivity contribution is 6.30. The average molecular weight is 294 g/mol. The molecule has 0 spiro atoms. The summed E-state index contributed by atoms with van der Waals surface area (Å²) in [5.41, 5.74) is -0.597. The van der Waals surface area contributed by atoms with Gasteiger partial charge in [0.2, 0.25) is 5.75 Å². The Labute approximate surface area is 118 Å². The minimum Gasteiger partial charge on any atom is -0.478 e. The van der Waals surface area contributed by atoms with Crippen molar-refractivity contribution in [3.8, 4) is 11.5 Å². The van der Waals surface area contributed by atoms with Crippen LogP contribution in [0.5, 0.6) is 11.5 Å². The quantitative estimate of drug-likeness (QED) is 0.685. The number of hydrogen-bond acceptors (Lipinski definition) is 4. The Balaban J connectivity index is 2.38. The first-order valence-corrected chi connectivity index (χ1v) is 5.80. The third-order valence-corrected chi connectivity index (χ3v) is 2.70. The maximum absolute atomic E-state index is 11.0. The Bertz CT molecular complexity index is 669. The molecule has 0 aromatic heterocycles. The molecule has 102 valence electrons. The van der Waals surface area contributed by atoms with Crippen LogP contribution in [0.1, 0.15) is 10.4 Å². The summed E-state index contributed by atoms with van der Waals surface area (Å²) in [4.78, 5) is 21.1. The Kier molecular flexibility index (Phi) is 3.86. The first-order chi connectivity index (χ1) is 9.47. The van der Waals surface area contributed by atoms with E-state index in [1.807, 2.05) is 0 Å². The highest BCUT2D eigenvalue weighted by Crippen LogP contribution is 2.32. The van der Waals surface area contributed by atoms with Gasteiger partial charge in [-0.2, -0.15) is 0 Å². The van der Waals surface area contributed by atoms with Crippen molar-refractivity contribution in [2.75, 3.05) is 0 Å². The van der Waals surface area contributed by atoms with Gasteiger partial charge in [-0.1, -0.05) is 11.6 Å².